The number of pyridine rings is 1. The molecule has 0 saturated heterocycles. The topological polar surface area (TPSA) is 77.0 Å². The molecule has 0 bridgehead atoms. The first kappa shape index (κ1) is 20.2. The molecule has 0 radical (unpaired) electrons. The average molecular weight is 406 g/mol. The number of benzene rings is 1. The van der Waals surface area contributed by atoms with E-state index in [1.165, 1.54) is 43.8 Å². The maximum atomic E-state index is 14.0. The van der Waals surface area contributed by atoms with Gasteiger partial charge >= 0.3 is 12.1 Å². The summed E-state index contributed by atoms with van der Waals surface area (Å²) in [5.41, 5.74) is -0.633. The number of rotatable bonds is 5. The number of aromatic nitrogens is 3. The Hall–Kier alpha value is -3.56. The van der Waals surface area contributed by atoms with Crippen LogP contribution in [0.15, 0.2) is 48.8 Å². The standard InChI is InChI=1S/C19H14F4N4O2/c1-29-18(28)12-2-3-14(20)13(8-12)10-25-16-9-15(19(21,22)23)26-17(27-16)11-4-6-24-7-5-11/h2-9H,10H2,1H3,(H,25,26,27). The van der Waals surface area contributed by atoms with Crippen molar-refractivity contribution >= 4 is 11.8 Å². The maximum Gasteiger partial charge on any atom is 0.433 e. The molecular formula is C19H14F4N4O2. The second kappa shape index (κ2) is 8.21. The van der Waals surface area contributed by atoms with Crippen LogP contribution < -0.4 is 5.32 Å². The van der Waals surface area contributed by atoms with E-state index in [0.717, 1.165) is 12.1 Å². The largest absolute Gasteiger partial charge is 0.465 e. The monoisotopic (exact) mass is 406 g/mol. The Bertz CT molecular complexity index is 1030. The number of alkyl halides is 3. The minimum Gasteiger partial charge on any atom is -0.465 e. The molecule has 0 aliphatic rings. The van der Waals surface area contributed by atoms with E-state index in [1.54, 1.807) is 0 Å². The number of hydrogen-bond acceptors (Lipinski definition) is 6. The summed E-state index contributed by atoms with van der Waals surface area (Å²) in [6.45, 7) is -0.208. The van der Waals surface area contributed by atoms with Gasteiger partial charge in [-0.05, 0) is 30.3 Å². The van der Waals surface area contributed by atoms with Gasteiger partial charge < -0.3 is 10.1 Å². The molecule has 150 valence electrons. The van der Waals surface area contributed by atoms with Crippen LogP contribution in [0.25, 0.3) is 11.4 Å². The van der Waals surface area contributed by atoms with E-state index in [2.05, 4.69) is 25.0 Å². The Morgan fingerprint density at radius 2 is 1.83 bits per heavy atom. The lowest BCUT2D eigenvalue weighted by atomic mass is 10.1. The molecule has 0 spiro atoms. The number of carbonyl (C=O) groups is 1. The van der Waals surface area contributed by atoms with E-state index in [-0.39, 0.29) is 29.3 Å². The average Bonchev–Trinajstić information content (AvgIpc) is 2.72. The Labute approximate surface area is 162 Å². The molecule has 29 heavy (non-hydrogen) atoms. The van der Waals surface area contributed by atoms with Crippen molar-refractivity contribution in [1.82, 2.24) is 15.0 Å². The Kier molecular flexibility index (Phi) is 5.71. The third-order valence-electron chi connectivity index (χ3n) is 3.88. The molecule has 2 aromatic heterocycles. The zero-order valence-electron chi connectivity index (χ0n) is 15.0. The number of nitrogens with one attached hydrogen (secondary N) is 1. The van der Waals surface area contributed by atoms with Crippen LogP contribution in [-0.4, -0.2) is 28.0 Å². The minimum atomic E-state index is -4.70. The number of anilines is 1. The fraction of sp³-hybridized carbons (Fsp3) is 0.158. The Morgan fingerprint density at radius 1 is 1.10 bits per heavy atom. The van der Waals surface area contributed by atoms with Crippen molar-refractivity contribution in [2.24, 2.45) is 0 Å². The van der Waals surface area contributed by atoms with E-state index in [0.29, 0.717) is 5.56 Å². The molecule has 6 nitrogen and oxygen atoms in total. The van der Waals surface area contributed by atoms with Gasteiger partial charge in [-0.15, -0.1) is 0 Å². The lowest BCUT2D eigenvalue weighted by Gasteiger charge is -2.13. The van der Waals surface area contributed by atoms with Gasteiger partial charge in [0.05, 0.1) is 12.7 Å². The first-order valence-corrected chi connectivity index (χ1v) is 8.25. The predicted molar refractivity (Wildman–Crippen MR) is 95.3 cm³/mol. The number of methoxy groups -OCH3 is 1. The SMILES string of the molecule is COC(=O)c1ccc(F)c(CNc2cc(C(F)(F)F)nc(-c3ccncc3)n2)c1. The number of halogens is 4. The Balaban J connectivity index is 1.92. The summed E-state index contributed by atoms with van der Waals surface area (Å²) in [7, 11) is 1.18. The zero-order valence-corrected chi connectivity index (χ0v) is 15.0. The van der Waals surface area contributed by atoms with Gasteiger partial charge in [0.15, 0.2) is 11.5 Å². The number of hydrogen-bond donors (Lipinski definition) is 1. The van der Waals surface area contributed by atoms with Crippen molar-refractivity contribution in [3.8, 4) is 11.4 Å². The molecule has 0 saturated carbocycles. The first-order valence-electron chi connectivity index (χ1n) is 8.25. The van der Waals surface area contributed by atoms with Gasteiger partial charge in [0.25, 0.3) is 0 Å². The maximum absolute atomic E-state index is 14.0. The van der Waals surface area contributed by atoms with Crippen molar-refractivity contribution in [3.63, 3.8) is 0 Å². The molecule has 0 aliphatic carbocycles. The fourth-order valence-corrected chi connectivity index (χ4v) is 2.45. The van der Waals surface area contributed by atoms with Gasteiger partial charge in [0, 0.05) is 36.1 Å². The van der Waals surface area contributed by atoms with Crippen molar-refractivity contribution in [2.75, 3.05) is 12.4 Å². The van der Waals surface area contributed by atoms with Gasteiger partial charge in [-0.3, -0.25) is 4.98 Å². The highest BCUT2D eigenvalue weighted by molar-refractivity contribution is 5.89. The molecule has 0 atom stereocenters. The van der Waals surface area contributed by atoms with E-state index in [9.17, 15) is 22.4 Å². The number of ether oxygens (including phenoxy) is 1. The summed E-state index contributed by atoms with van der Waals surface area (Å²) in [5.74, 6) is -1.60. The molecule has 3 rings (SSSR count). The first-order chi connectivity index (χ1) is 13.8. The van der Waals surface area contributed by atoms with Crippen LogP contribution in [-0.2, 0) is 17.5 Å². The molecule has 1 N–H and O–H groups in total. The van der Waals surface area contributed by atoms with Crippen molar-refractivity contribution in [3.05, 3.63) is 71.4 Å². The van der Waals surface area contributed by atoms with Gasteiger partial charge in [0.2, 0.25) is 0 Å². The van der Waals surface area contributed by atoms with Crippen LogP contribution in [0, 0.1) is 5.82 Å². The van der Waals surface area contributed by atoms with Gasteiger partial charge in [-0.1, -0.05) is 0 Å². The third-order valence-corrected chi connectivity index (χ3v) is 3.88. The van der Waals surface area contributed by atoms with Gasteiger partial charge in [0.1, 0.15) is 11.6 Å². The minimum absolute atomic E-state index is 0.0607. The number of nitrogens with zero attached hydrogens (tertiary/aromatic N) is 3. The summed E-state index contributed by atoms with van der Waals surface area (Å²) in [6, 6.07) is 7.25. The van der Waals surface area contributed by atoms with E-state index < -0.39 is 23.7 Å². The van der Waals surface area contributed by atoms with Crippen LogP contribution in [0.2, 0.25) is 0 Å². The molecule has 3 aromatic rings. The summed E-state index contributed by atoms with van der Waals surface area (Å²) in [5, 5.41) is 2.65. The molecular weight excluding hydrogens is 392 g/mol. The van der Waals surface area contributed by atoms with Crippen molar-refractivity contribution < 1.29 is 27.1 Å². The van der Waals surface area contributed by atoms with Crippen LogP contribution in [0.5, 0.6) is 0 Å². The lowest BCUT2D eigenvalue weighted by Crippen LogP contribution is -2.12. The van der Waals surface area contributed by atoms with Gasteiger partial charge in [-0.25, -0.2) is 19.2 Å². The van der Waals surface area contributed by atoms with E-state index in [1.807, 2.05) is 0 Å². The predicted octanol–water partition coefficient (Wildman–Crippen LogP) is 4.10. The summed E-state index contributed by atoms with van der Waals surface area (Å²) >= 11 is 0. The lowest BCUT2D eigenvalue weighted by molar-refractivity contribution is -0.141. The molecule has 0 fully saturated rings. The molecule has 0 aliphatic heterocycles. The highest BCUT2D eigenvalue weighted by Gasteiger charge is 2.33. The summed E-state index contributed by atoms with van der Waals surface area (Å²) in [4.78, 5) is 23.0. The van der Waals surface area contributed by atoms with Crippen LogP contribution >= 0.6 is 0 Å². The molecule has 0 amide bonds. The van der Waals surface area contributed by atoms with Crippen LogP contribution in [0.3, 0.4) is 0 Å². The summed E-state index contributed by atoms with van der Waals surface area (Å²) in [6.07, 6.45) is -1.89. The number of carbonyl (C=O) groups excluding carboxylic acids is 1. The molecule has 2 heterocycles. The fourth-order valence-electron chi connectivity index (χ4n) is 2.45. The zero-order chi connectivity index (χ0) is 21.0. The number of esters is 1. The van der Waals surface area contributed by atoms with Crippen LogP contribution in [0.1, 0.15) is 21.6 Å². The van der Waals surface area contributed by atoms with E-state index in [4.69, 9.17) is 0 Å². The smallest absolute Gasteiger partial charge is 0.433 e. The highest BCUT2D eigenvalue weighted by atomic mass is 19.4. The van der Waals surface area contributed by atoms with Crippen molar-refractivity contribution in [2.45, 2.75) is 12.7 Å². The van der Waals surface area contributed by atoms with E-state index >= 15 is 0 Å². The second-order valence-electron chi connectivity index (χ2n) is 5.85. The summed E-state index contributed by atoms with van der Waals surface area (Å²) < 4.78 is 58.3. The Morgan fingerprint density at radius 3 is 2.48 bits per heavy atom. The molecule has 10 heteroatoms. The quantitative estimate of drug-likeness (QED) is 0.508. The van der Waals surface area contributed by atoms with Crippen LogP contribution in [0.4, 0.5) is 23.4 Å². The molecule has 0 unspecified atom stereocenters. The third kappa shape index (κ3) is 4.84. The normalized spacial score (nSPS) is 11.2. The van der Waals surface area contributed by atoms with Crippen molar-refractivity contribution in [1.29, 1.82) is 0 Å². The highest BCUT2D eigenvalue weighted by Crippen LogP contribution is 2.30. The second-order valence-corrected chi connectivity index (χ2v) is 5.85. The van der Waals surface area contributed by atoms with Gasteiger partial charge in [-0.2, -0.15) is 13.2 Å². The molecule has 1 aromatic carbocycles.